The van der Waals surface area contributed by atoms with E-state index in [-0.39, 0.29) is 46.0 Å². The van der Waals surface area contributed by atoms with E-state index in [1.165, 1.54) is 38.5 Å². The van der Waals surface area contributed by atoms with Crippen molar-refractivity contribution in [2.24, 2.45) is 0 Å². The highest BCUT2D eigenvalue weighted by atomic mass is 16.5. The van der Waals surface area contributed by atoms with Gasteiger partial charge in [0.05, 0.1) is 14.2 Å². The smallest absolute Gasteiger partial charge is 0.160 e. The van der Waals surface area contributed by atoms with E-state index < -0.39 is 11.8 Å². The minimum atomic E-state index is -0.484. The second-order valence-corrected chi connectivity index (χ2v) is 9.55. The number of aromatic hydroxyl groups is 6. The summed E-state index contributed by atoms with van der Waals surface area (Å²) in [4.78, 5) is 0. The highest BCUT2D eigenvalue weighted by Gasteiger charge is 2.26. The van der Waals surface area contributed by atoms with Crippen LogP contribution in [0.3, 0.4) is 0 Å². The minimum Gasteiger partial charge on any atom is -0.507 e. The molecule has 8 heteroatoms. The number of hydrogen-bond acceptors (Lipinski definition) is 8. The van der Waals surface area contributed by atoms with Gasteiger partial charge in [-0.05, 0) is 64.7 Å². The summed E-state index contributed by atoms with van der Waals surface area (Å²) >= 11 is 0. The van der Waals surface area contributed by atoms with Crippen LogP contribution in [-0.4, -0.2) is 44.9 Å². The normalized spacial score (nSPS) is 12.8. The Hall–Kier alpha value is -4.98. The fourth-order valence-electron chi connectivity index (χ4n) is 4.82. The molecule has 0 heterocycles. The zero-order valence-corrected chi connectivity index (χ0v) is 22.6. The summed E-state index contributed by atoms with van der Waals surface area (Å²) in [5.41, 5.74) is 3.36. The van der Waals surface area contributed by atoms with Gasteiger partial charge in [0, 0.05) is 23.0 Å². The number of ether oxygens (including phenoxy) is 2. The molecular weight excluding hydrogens is 512 g/mol. The molecule has 0 fully saturated rings. The van der Waals surface area contributed by atoms with E-state index in [0.717, 1.165) is 5.56 Å². The summed E-state index contributed by atoms with van der Waals surface area (Å²) < 4.78 is 10.5. The van der Waals surface area contributed by atoms with Crippen LogP contribution in [0, 0.1) is 0 Å². The Morgan fingerprint density at radius 3 is 1.60 bits per heavy atom. The van der Waals surface area contributed by atoms with Crippen LogP contribution in [0.5, 0.6) is 46.0 Å². The summed E-state index contributed by atoms with van der Waals surface area (Å²) in [5.74, 6) is -1.16. The molecule has 40 heavy (non-hydrogen) atoms. The number of phenols is 6. The maximum atomic E-state index is 11.7. The van der Waals surface area contributed by atoms with Crippen molar-refractivity contribution in [2.45, 2.75) is 25.7 Å². The van der Waals surface area contributed by atoms with Crippen LogP contribution in [0.15, 0.2) is 60.7 Å². The molecule has 2 atom stereocenters. The van der Waals surface area contributed by atoms with Crippen molar-refractivity contribution in [1.82, 2.24) is 0 Å². The lowest BCUT2D eigenvalue weighted by atomic mass is 9.82. The molecule has 0 aliphatic rings. The molecule has 4 rings (SSSR count). The van der Waals surface area contributed by atoms with Crippen molar-refractivity contribution >= 4 is 12.2 Å². The first-order valence-corrected chi connectivity index (χ1v) is 12.6. The van der Waals surface area contributed by atoms with Gasteiger partial charge in [0.2, 0.25) is 0 Å². The Kier molecular flexibility index (Phi) is 8.00. The Morgan fingerprint density at radius 2 is 1.07 bits per heavy atom. The summed E-state index contributed by atoms with van der Waals surface area (Å²) in [7, 11) is 2.90. The first-order valence-electron chi connectivity index (χ1n) is 12.6. The Bertz CT molecular complexity index is 1570. The van der Waals surface area contributed by atoms with Crippen LogP contribution >= 0.6 is 0 Å². The molecule has 0 aliphatic carbocycles. The van der Waals surface area contributed by atoms with Gasteiger partial charge in [-0.3, -0.25) is 0 Å². The zero-order chi connectivity index (χ0) is 29.1. The molecule has 2 unspecified atom stereocenters. The Balaban J connectivity index is 1.89. The van der Waals surface area contributed by atoms with Crippen molar-refractivity contribution in [3.05, 3.63) is 94.0 Å². The van der Waals surface area contributed by atoms with Crippen molar-refractivity contribution in [2.75, 3.05) is 14.2 Å². The SMILES string of the molecule is COc1cc(C(C)c2c(O)cc(/C=C/c3ccc(O)c(O)c3)c(C(C)c3ccc(O)c(OC)c3)c2O)ccc1O. The van der Waals surface area contributed by atoms with Gasteiger partial charge in [-0.15, -0.1) is 0 Å². The van der Waals surface area contributed by atoms with E-state index in [9.17, 15) is 30.6 Å². The van der Waals surface area contributed by atoms with Gasteiger partial charge in [0.15, 0.2) is 34.5 Å². The van der Waals surface area contributed by atoms with Crippen LogP contribution in [0.4, 0.5) is 0 Å². The third kappa shape index (κ3) is 5.42. The largest absolute Gasteiger partial charge is 0.507 e. The molecule has 0 aromatic heterocycles. The van der Waals surface area contributed by atoms with E-state index in [0.29, 0.717) is 27.8 Å². The molecule has 4 aromatic rings. The van der Waals surface area contributed by atoms with Crippen LogP contribution in [0.2, 0.25) is 0 Å². The second kappa shape index (κ2) is 11.4. The van der Waals surface area contributed by atoms with Gasteiger partial charge < -0.3 is 40.1 Å². The van der Waals surface area contributed by atoms with Gasteiger partial charge in [0.1, 0.15) is 11.5 Å². The van der Waals surface area contributed by atoms with Gasteiger partial charge in [0.25, 0.3) is 0 Å². The van der Waals surface area contributed by atoms with Crippen molar-refractivity contribution in [3.63, 3.8) is 0 Å². The fourth-order valence-corrected chi connectivity index (χ4v) is 4.82. The molecule has 8 nitrogen and oxygen atoms in total. The summed E-state index contributed by atoms with van der Waals surface area (Å²) in [5, 5.41) is 62.6. The van der Waals surface area contributed by atoms with E-state index >= 15 is 0 Å². The lowest BCUT2D eigenvalue weighted by Gasteiger charge is -2.24. The highest BCUT2D eigenvalue weighted by Crippen LogP contribution is 2.47. The molecule has 6 N–H and O–H groups in total. The highest BCUT2D eigenvalue weighted by molar-refractivity contribution is 5.76. The van der Waals surface area contributed by atoms with Crippen LogP contribution in [0.1, 0.15) is 59.1 Å². The molecule has 0 aliphatic heterocycles. The monoisotopic (exact) mass is 544 g/mol. The average molecular weight is 545 g/mol. The number of phenolic OH excluding ortho intramolecular Hbond substituents is 6. The summed E-state index contributed by atoms with van der Waals surface area (Å²) in [6.07, 6.45) is 3.39. The predicted molar refractivity (Wildman–Crippen MR) is 153 cm³/mol. The molecule has 0 radical (unpaired) electrons. The lowest BCUT2D eigenvalue weighted by Crippen LogP contribution is -2.05. The van der Waals surface area contributed by atoms with Gasteiger partial charge >= 0.3 is 0 Å². The molecule has 0 saturated heterocycles. The molecule has 0 spiro atoms. The molecule has 4 aromatic carbocycles. The van der Waals surface area contributed by atoms with Crippen molar-refractivity contribution < 1.29 is 40.1 Å². The van der Waals surface area contributed by atoms with Gasteiger partial charge in [-0.1, -0.05) is 44.2 Å². The zero-order valence-electron chi connectivity index (χ0n) is 22.6. The van der Waals surface area contributed by atoms with E-state index in [1.54, 1.807) is 48.6 Å². The molecular formula is C32H32O8. The predicted octanol–water partition coefficient (Wildman–Crippen LogP) is 6.41. The van der Waals surface area contributed by atoms with Gasteiger partial charge in [-0.2, -0.15) is 0 Å². The number of rotatable bonds is 8. The number of benzene rings is 4. The first kappa shape index (κ1) is 28.0. The van der Waals surface area contributed by atoms with E-state index in [4.69, 9.17) is 9.47 Å². The van der Waals surface area contributed by atoms with Crippen LogP contribution in [-0.2, 0) is 0 Å². The minimum absolute atomic E-state index is 0.0174. The summed E-state index contributed by atoms with van der Waals surface area (Å²) in [6, 6.07) is 15.7. The molecule has 0 bridgehead atoms. The van der Waals surface area contributed by atoms with Crippen molar-refractivity contribution in [3.8, 4) is 46.0 Å². The number of hydrogen-bond donors (Lipinski definition) is 6. The van der Waals surface area contributed by atoms with Crippen molar-refractivity contribution in [1.29, 1.82) is 0 Å². The maximum Gasteiger partial charge on any atom is 0.160 e. The average Bonchev–Trinajstić information content (AvgIpc) is 2.93. The maximum absolute atomic E-state index is 11.7. The third-order valence-electron chi connectivity index (χ3n) is 7.12. The first-order chi connectivity index (χ1) is 19.0. The molecule has 208 valence electrons. The Morgan fingerprint density at radius 1 is 0.550 bits per heavy atom. The molecule has 0 saturated carbocycles. The van der Waals surface area contributed by atoms with Gasteiger partial charge in [-0.25, -0.2) is 0 Å². The molecule has 0 amide bonds. The second-order valence-electron chi connectivity index (χ2n) is 9.55. The Labute approximate surface area is 232 Å². The summed E-state index contributed by atoms with van der Waals surface area (Å²) in [6.45, 7) is 3.72. The fraction of sp³-hybridized carbons (Fsp3) is 0.188. The van der Waals surface area contributed by atoms with E-state index in [2.05, 4.69) is 0 Å². The quantitative estimate of drug-likeness (QED) is 0.110. The number of methoxy groups -OCH3 is 2. The van der Waals surface area contributed by atoms with Crippen LogP contribution in [0.25, 0.3) is 12.2 Å². The third-order valence-corrected chi connectivity index (χ3v) is 7.12. The van der Waals surface area contributed by atoms with E-state index in [1.807, 2.05) is 13.8 Å². The topological polar surface area (TPSA) is 140 Å². The van der Waals surface area contributed by atoms with Crippen LogP contribution < -0.4 is 9.47 Å². The lowest BCUT2D eigenvalue weighted by molar-refractivity contribution is 0.372. The standard InChI is InChI=1S/C32H32O8/c1-17(20-8-11-24(34)28(15-20)39-3)30-22(7-5-19-6-10-23(33)26(36)13-19)14-27(37)31(32(30)38)18(2)21-9-12-25(35)29(16-21)40-4/h5-18,33-38H,1-4H3/b7-5+.